The third-order valence-corrected chi connectivity index (χ3v) is 3.41. The molecule has 0 saturated carbocycles. The van der Waals surface area contributed by atoms with E-state index in [0.29, 0.717) is 23.1 Å². The first-order chi connectivity index (χ1) is 10.1. The number of amides is 1. The Morgan fingerprint density at radius 2 is 1.67 bits per heavy atom. The lowest BCUT2D eigenvalue weighted by Gasteiger charge is -2.13. The van der Waals surface area contributed by atoms with Gasteiger partial charge in [0.25, 0.3) is 0 Å². The van der Waals surface area contributed by atoms with Crippen LogP contribution in [0.15, 0.2) is 48.5 Å². The number of hydrogen-bond donors (Lipinski definition) is 0. The van der Waals surface area contributed by atoms with Gasteiger partial charge in [0.2, 0.25) is 0 Å². The molecule has 1 heterocycles. The molecule has 0 radical (unpaired) electrons. The lowest BCUT2D eigenvalue weighted by atomic mass is 10.2. The first-order valence-corrected chi connectivity index (χ1v) is 7.01. The fourth-order valence-electron chi connectivity index (χ4n) is 2.15. The summed E-state index contributed by atoms with van der Waals surface area (Å²) < 4.78 is 10.8. The van der Waals surface area contributed by atoms with E-state index in [0.717, 1.165) is 5.69 Å². The summed E-state index contributed by atoms with van der Waals surface area (Å²) in [5.41, 5.74) is 0.799. The summed E-state index contributed by atoms with van der Waals surface area (Å²) in [5.74, 6) is 1.41. The van der Waals surface area contributed by atoms with E-state index < -0.39 is 0 Å². The maximum absolute atomic E-state index is 11.7. The van der Waals surface area contributed by atoms with Gasteiger partial charge in [0.15, 0.2) is 0 Å². The molecule has 0 spiro atoms. The van der Waals surface area contributed by atoms with E-state index >= 15 is 0 Å². The smallest absolute Gasteiger partial charge is 0.414 e. The molecule has 0 N–H and O–H groups in total. The van der Waals surface area contributed by atoms with Crippen LogP contribution < -0.4 is 9.64 Å². The molecule has 2 aromatic carbocycles. The van der Waals surface area contributed by atoms with Gasteiger partial charge < -0.3 is 9.47 Å². The highest BCUT2D eigenvalue weighted by Gasteiger charge is 2.29. The highest BCUT2D eigenvalue weighted by molar-refractivity contribution is 6.30. The van der Waals surface area contributed by atoms with Crippen molar-refractivity contribution in [2.75, 3.05) is 11.4 Å². The van der Waals surface area contributed by atoms with E-state index in [2.05, 4.69) is 0 Å². The zero-order chi connectivity index (χ0) is 14.8. The third-order valence-electron chi connectivity index (χ3n) is 3.16. The van der Waals surface area contributed by atoms with Crippen molar-refractivity contribution in [1.29, 1.82) is 0 Å². The van der Waals surface area contributed by atoms with E-state index in [9.17, 15) is 4.79 Å². The molecule has 108 valence electrons. The van der Waals surface area contributed by atoms with Crippen LogP contribution in [0.5, 0.6) is 11.5 Å². The summed E-state index contributed by atoms with van der Waals surface area (Å²) in [4.78, 5) is 13.3. The van der Waals surface area contributed by atoms with Crippen molar-refractivity contribution < 1.29 is 14.3 Å². The molecule has 0 bridgehead atoms. The molecule has 1 fully saturated rings. The molecular weight excluding hydrogens is 290 g/mol. The van der Waals surface area contributed by atoms with Gasteiger partial charge in [0, 0.05) is 10.7 Å². The summed E-state index contributed by atoms with van der Waals surface area (Å²) >= 11 is 5.83. The number of hydrogen-bond acceptors (Lipinski definition) is 3. The lowest BCUT2D eigenvalue weighted by Crippen LogP contribution is -2.23. The van der Waals surface area contributed by atoms with Crippen LogP contribution in [0.25, 0.3) is 0 Å². The summed E-state index contributed by atoms with van der Waals surface area (Å²) in [6.45, 7) is 2.44. The topological polar surface area (TPSA) is 38.8 Å². The van der Waals surface area contributed by atoms with Crippen LogP contribution in [0.3, 0.4) is 0 Å². The predicted octanol–water partition coefficient (Wildman–Crippen LogP) is 4.48. The Bertz CT molecular complexity index is 640. The molecule has 1 amide bonds. The van der Waals surface area contributed by atoms with Crippen molar-refractivity contribution in [2.24, 2.45) is 0 Å². The Labute approximate surface area is 127 Å². The number of carbonyl (C=O) groups excluding carboxylic acids is 1. The zero-order valence-corrected chi connectivity index (χ0v) is 12.2. The highest BCUT2D eigenvalue weighted by atomic mass is 35.5. The first-order valence-electron chi connectivity index (χ1n) is 6.63. The average molecular weight is 304 g/mol. The Morgan fingerprint density at radius 3 is 2.19 bits per heavy atom. The minimum Gasteiger partial charge on any atom is -0.457 e. The Balaban J connectivity index is 1.72. The molecular formula is C16H14ClNO3. The number of nitrogens with zero attached hydrogens (tertiary/aromatic N) is 1. The first kappa shape index (κ1) is 13.8. The van der Waals surface area contributed by atoms with Gasteiger partial charge in [0.1, 0.15) is 17.6 Å². The van der Waals surface area contributed by atoms with E-state index in [1.165, 1.54) is 0 Å². The number of cyclic esters (lactones) is 1. The van der Waals surface area contributed by atoms with Gasteiger partial charge in [-0.15, -0.1) is 0 Å². The molecule has 1 saturated heterocycles. The molecule has 4 nitrogen and oxygen atoms in total. The molecule has 1 atom stereocenters. The van der Waals surface area contributed by atoms with Crippen LogP contribution in [-0.2, 0) is 4.74 Å². The lowest BCUT2D eigenvalue weighted by molar-refractivity contribution is 0.150. The molecule has 3 rings (SSSR count). The standard InChI is InChI=1S/C16H14ClNO3/c1-11-10-18(16(19)20-11)13-4-8-15(9-5-13)21-14-6-2-12(17)3-7-14/h2-9,11H,10H2,1H3/t11-/m1/s1. The third kappa shape index (κ3) is 3.11. The average Bonchev–Trinajstić information content (AvgIpc) is 2.81. The minimum atomic E-state index is -0.311. The van der Waals surface area contributed by atoms with Crippen molar-refractivity contribution in [3.8, 4) is 11.5 Å². The number of rotatable bonds is 3. The van der Waals surface area contributed by atoms with E-state index in [4.69, 9.17) is 21.1 Å². The summed E-state index contributed by atoms with van der Waals surface area (Å²) in [5, 5.41) is 0.666. The number of benzene rings is 2. The molecule has 21 heavy (non-hydrogen) atoms. The molecule has 2 aromatic rings. The highest BCUT2D eigenvalue weighted by Crippen LogP contribution is 2.27. The van der Waals surface area contributed by atoms with Crippen molar-refractivity contribution in [1.82, 2.24) is 0 Å². The van der Waals surface area contributed by atoms with Gasteiger partial charge in [-0.05, 0) is 55.5 Å². The van der Waals surface area contributed by atoms with Crippen LogP contribution in [0.2, 0.25) is 5.02 Å². The van der Waals surface area contributed by atoms with Gasteiger partial charge >= 0.3 is 6.09 Å². The maximum atomic E-state index is 11.7. The Hall–Kier alpha value is -2.20. The SMILES string of the molecule is C[C@@H]1CN(c2ccc(Oc3ccc(Cl)cc3)cc2)C(=O)O1. The second kappa shape index (κ2) is 5.66. The summed E-state index contributed by atoms with van der Waals surface area (Å²) in [6, 6.07) is 14.5. The van der Waals surface area contributed by atoms with Gasteiger partial charge in [-0.25, -0.2) is 4.79 Å². The predicted molar refractivity (Wildman–Crippen MR) is 81.3 cm³/mol. The quantitative estimate of drug-likeness (QED) is 0.839. The molecule has 0 aromatic heterocycles. The summed E-state index contributed by atoms with van der Waals surface area (Å²) in [7, 11) is 0. The van der Waals surface area contributed by atoms with Crippen LogP contribution in [0.1, 0.15) is 6.92 Å². The number of anilines is 1. The maximum Gasteiger partial charge on any atom is 0.414 e. The molecule has 0 unspecified atom stereocenters. The van der Waals surface area contributed by atoms with Crippen molar-refractivity contribution in [2.45, 2.75) is 13.0 Å². The summed E-state index contributed by atoms with van der Waals surface area (Å²) in [6.07, 6.45) is -0.392. The van der Waals surface area contributed by atoms with Crippen molar-refractivity contribution in [3.05, 3.63) is 53.6 Å². The monoisotopic (exact) mass is 303 g/mol. The van der Waals surface area contributed by atoms with Crippen molar-refractivity contribution in [3.63, 3.8) is 0 Å². The van der Waals surface area contributed by atoms with E-state index in [1.54, 1.807) is 29.2 Å². The van der Waals surface area contributed by atoms with Gasteiger partial charge in [-0.1, -0.05) is 11.6 Å². The van der Waals surface area contributed by atoms with Gasteiger partial charge in [0.05, 0.1) is 6.54 Å². The van der Waals surface area contributed by atoms with Gasteiger partial charge in [-0.2, -0.15) is 0 Å². The molecule has 1 aliphatic rings. The second-order valence-electron chi connectivity index (χ2n) is 4.85. The molecule has 1 aliphatic heterocycles. The largest absolute Gasteiger partial charge is 0.457 e. The Kier molecular flexibility index (Phi) is 3.71. The Morgan fingerprint density at radius 1 is 1.10 bits per heavy atom. The fourth-order valence-corrected chi connectivity index (χ4v) is 2.27. The number of ether oxygens (including phenoxy) is 2. The van der Waals surface area contributed by atoms with Crippen LogP contribution in [-0.4, -0.2) is 18.7 Å². The van der Waals surface area contributed by atoms with E-state index in [1.807, 2.05) is 31.2 Å². The number of halogens is 1. The fraction of sp³-hybridized carbons (Fsp3) is 0.188. The van der Waals surface area contributed by atoms with Crippen molar-refractivity contribution >= 4 is 23.4 Å². The van der Waals surface area contributed by atoms with E-state index in [-0.39, 0.29) is 12.2 Å². The molecule has 0 aliphatic carbocycles. The van der Waals surface area contributed by atoms with Crippen LogP contribution in [0, 0.1) is 0 Å². The minimum absolute atomic E-state index is 0.0810. The second-order valence-corrected chi connectivity index (χ2v) is 5.29. The van der Waals surface area contributed by atoms with Gasteiger partial charge in [-0.3, -0.25) is 4.90 Å². The normalized spacial score (nSPS) is 17.7. The van der Waals surface area contributed by atoms with Crippen LogP contribution in [0.4, 0.5) is 10.5 Å². The zero-order valence-electron chi connectivity index (χ0n) is 11.5. The molecule has 5 heteroatoms. The number of carbonyl (C=O) groups is 1. The van der Waals surface area contributed by atoms with Crippen LogP contribution >= 0.6 is 11.6 Å².